The van der Waals surface area contributed by atoms with Gasteiger partial charge in [0.05, 0.1) is 12.4 Å². The van der Waals surface area contributed by atoms with Crippen LogP contribution >= 0.6 is 0 Å². The number of rotatable bonds is 7. The molecule has 0 radical (unpaired) electrons. The van der Waals surface area contributed by atoms with Crippen LogP contribution in [-0.4, -0.2) is 41.9 Å². The number of anilines is 1. The summed E-state index contributed by atoms with van der Waals surface area (Å²) in [5.41, 5.74) is 1.71. The van der Waals surface area contributed by atoms with E-state index in [0.29, 0.717) is 19.6 Å². The highest BCUT2D eigenvalue weighted by atomic mass is 16.5. The summed E-state index contributed by atoms with van der Waals surface area (Å²) in [6.07, 6.45) is 6.43. The number of hydrogen-bond acceptors (Lipinski definition) is 4. The molecule has 24 heavy (non-hydrogen) atoms. The Morgan fingerprint density at radius 1 is 1.38 bits per heavy atom. The molecule has 0 spiro atoms. The Bertz CT molecular complexity index is 622. The van der Waals surface area contributed by atoms with Crippen LogP contribution in [0.4, 0.5) is 10.5 Å². The van der Waals surface area contributed by atoms with Gasteiger partial charge in [-0.1, -0.05) is 0 Å². The number of amides is 2. The highest BCUT2D eigenvalue weighted by molar-refractivity contribution is 5.89. The molecule has 1 atom stereocenters. The van der Waals surface area contributed by atoms with E-state index in [0.717, 1.165) is 36.6 Å². The maximum atomic E-state index is 11.8. The summed E-state index contributed by atoms with van der Waals surface area (Å²) in [4.78, 5) is 18.8. The number of H-pyrrole nitrogens is 1. The predicted octanol–water partition coefficient (Wildman–Crippen LogP) is 2.33. The van der Waals surface area contributed by atoms with Crippen molar-refractivity contribution < 1.29 is 14.3 Å². The summed E-state index contributed by atoms with van der Waals surface area (Å²) in [6.45, 7) is 1.93. The van der Waals surface area contributed by atoms with Gasteiger partial charge in [0.15, 0.2) is 0 Å². The number of carbonyl (C=O) groups is 1. The molecule has 1 aromatic carbocycles. The molecule has 1 fully saturated rings. The lowest BCUT2D eigenvalue weighted by molar-refractivity contribution is 0.0679. The molecule has 0 aliphatic carbocycles. The van der Waals surface area contributed by atoms with E-state index in [9.17, 15) is 4.79 Å². The van der Waals surface area contributed by atoms with E-state index in [1.165, 1.54) is 0 Å². The van der Waals surface area contributed by atoms with Crippen molar-refractivity contribution >= 4 is 11.7 Å². The zero-order valence-corrected chi connectivity index (χ0v) is 13.5. The predicted molar refractivity (Wildman–Crippen MR) is 90.2 cm³/mol. The summed E-state index contributed by atoms with van der Waals surface area (Å²) >= 11 is 0. The Hall–Kier alpha value is -2.54. The van der Waals surface area contributed by atoms with E-state index in [4.69, 9.17) is 9.47 Å². The fraction of sp³-hybridized carbons (Fsp3) is 0.412. The van der Waals surface area contributed by atoms with Crippen LogP contribution in [0, 0.1) is 0 Å². The first-order valence-electron chi connectivity index (χ1n) is 8.16. The molecule has 2 heterocycles. The van der Waals surface area contributed by atoms with Crippen molar-refractivity contribution in [2.24, 2.45) is 0 Å². The zero-order valence-electron chi connectivity index (χ0n) is 13.5. The number of hydrogen-bond donors (Lipinski definition) is 3. The molecule has 0 saturated carbocycles. The SMILES string of the molecule is O=C(NCCc1cnc[nH]1)Nc1ccc(OC[C@H]2CCCO2)cc1. The lowest BCUT2D eigenvalue weighted by Crippen LogP contribution is -2.30. The van der Waals surface area contributed by atoms with Gasteiger partial charge >= 0.3 is 6.03 Å². The number of aromatic nitrogens is 2. The number of aromatic amines is 1. The maximum Gasteiger partial charge on any atom is 0.319 e. The molecule has 7 nitrogen and oxygen atoms in total. The van der Waals surface area contributed by atoms with Crippen molar-refractivity contribution in [2.45, 2.75) is 25.4 Å². The largest absolute Gasteiger partial charge is 0.491 e. The first-order valence-corrected chi connectivity index (χ1v) is 8.16. The molecule has 0 bridgehead atoms. The summed E-state index contributed by atoms with van der Waals surface area (Å²) in [6, 6.07) is 7.09. The first-order chi connectivity index (χ1) is 11.8. The van der Waals surface area contributed by atoms with Gasteiger partial charge in [-0.3, -0.25) is 0 Å². The fourth-order valence-corrected chi connectivity index (χ4v) is 2.51. The van der Waals surface area contributed by atoms with Crippen molar-refractivity contribution in [3.8, 4) is 5.75 Å². The van der Waals surface area contributed by atoms with Gasteiger partial charge in [-0.2, -0.15) is 0 Å². The van der Waals surface area contributed by atoms with Crippen LogP contribution in [0.25, 0.3) is 0 Å². The summed E-state index contributed by atoms with van der Waals surface area (Å²) < 4.78 is 11.2. The van der Waals surface area contributed by atoms with Gasteiger partial charge in [-0.25, -0.2) is 9.78 Å². The lowest BCUT2D eigenvalue weighted by Gasteiger charge is -2.12. The van der Waals surface area contributed by atoms with Crippen LogP contribution in [0.1, 0.15) is 18.5 Å². The molecular weight excluding hydrogens is 308 g/mol. The Morgan fingerprint density at radius 2 is 2.25 bits per heavy atom. The average molecular weight is 330 g/mol. The van der Waals surface area contributed by atoms with Gasteiger partial charge < -0.3 is 25.1 Å². The van der Waals surface area contributed by atoms with E-state index in [1.807, 2.05) is 24.3 Å². The van der Waals surface area contributed by atoms with Crippen LogP contribution in [0.3, 0.4) is 0 Å². The molecule has 2 amide bonds. The van der Waals surface area contributed by atoms with E-state index in [2.05, 4.69) is 20.6 Å². The van der Waals surface area contributed by atoms with Crippen molar-refractivity contribution in [3.05, 3.63) is 42.5 Å². The Labute approximate surface area is 140 Å². The molecule has 2 aromatic rings. The van der Waals surface area contributed by atoms with E-state index < -0.39 is 0 Å². The van der Waals surface area contributed by atoms with Crippen LogP contribution in [0.5, 0.6) is 5.75 Å². The number of nitrogens with zero attached hydrogens (tertiary/aromatic N) is 1. The quantitative estimate of drug-likeness (QED) is 0.727. The van der Waals surface area contributed by atoms with Gasteiger partial charge in [0.25, 0.3) is 0 Å². The minimum Gasteiger partial charge on any atom is -0.491 e. The van der Waals surface area contributed by atoms with E-state index in [1.54, 1.807) is 12.5 Å². The van der Waals surface area contributed by atoms with Crippen LogP contribution in [0.2, 0.25) is 0 Å². The summed E-state index contributed by atoms with van der Waals surface area (Å²) in [5, 5.41) is 5.59. The number of carbonyl (C=O) groups excluding carboxylic acids is 1. The van der Waals surface area contributed by atoms with E-state index >= 15 is 0 Å². The smallest absolute Gasteiger partial charge is 0.319 e. The molecule has 128 valence electrons. The fourth-order valence-electron chi connectivity index (χ4n) is 2.51. The number of imidazole rings is 1. The Kier molecular flexibility index (Phi) is 5.68. The zero-order chi connectivity index (χ0) is 16.6. The average Bonchev–Trinajstić information content (AvgIpc) is 3.28. The number of urea groups is 1. The molecule has 1 aliphatic rings. The second-order valence-electron chi connectivity index (χ2n) is 5.68. The first kappa shape index (κ1) is 16.3. The minimum absolute atomic E-state index is 0.198. The maximum absolute atomic E-state index is 11.8. The monoisotopic (exact) mass is 330 g/mol. The van der Waals surface area contributed by atoms with Gasteiger partial charge in [-0.05, 0) is 37.1 Å². The molecule has 1 aromatic heterocycles. The third kappa shape index (κ3) is 4.99. The number of nitrogens with one attached hydrogen (secondary N) is 3. The summed E-state index contributed by atoms with van der Waals surface area (Å²) in [5.74, 6) is 0.774. The topological polar surface area (TPSA) is 88.3 Å². The third-order valence-electron chi connectivity index (χ3n) is 3.81. The highest BCUT2D eigenvalue weighted by Crippen LogP contribution is 2.18. The van der Waals surface area contributed by atoms with Gasteiger partial charge in [-0.15, -0.1) is 0 Å². The molecule has 3 rings (SSSR count). The standard InChI is InChI=1S/C17H22N4O3/c22-17(19-8-7-14-10-18-12-20-14)21-13-3-5-15(6-4-13)24-11-16-2-1-9-23-16/h3-6,10,12,16H,1-2,7-9,11H2,(H,18,20)(H2,19,21,22)/t16-/m1/s1. The van der Waals surface area contributed by atoms with Crippen LogP contribution < -0.4 is 15.4 Å². The van der Waals surface area contributed by atoms with Crippen molar-refractivity contribution in [2.75, 3.05) is 25.1 Å². The van der Waals surface area contributed by atoms with Crippen molar-refractivity contribution in [1.29, 1.82) is 0 Å². The Balaban J connectivity index is 1.37. The highest BCUT2D eigenvalue weighted by Gasteiger charge is 2.15. The number of benzene rings is 1. The minimum atomic E-state index is -0.234. The third-order valence-corrected chi connectivity index (χ3v) is 3.81. The second kappa shape index (κ2) is 8.35. The van der Waals surface area contributed by atoms with Gasteiger partial charge in [0.1, 0.15) is 12.4 Å². The molecule has 1 saturated heterocycles. The molecule has 7 heteroatoms. The van der Waals surface area contributed by atoms with Crippen LogP contribution in [-0.2, 0) is 11.2 Å². The van der Waals surface area contributed by atoms with E-state index in [-0.39, 0.29) is 12.1 Å². The van der Waals surface area contributed by atoms with Crippen molar-refractivity contribution in [1.82, 2.24) is 15.3 Å². The molecule has 0 unspecified atom stereocenters. The second-order valence-corrected chi connectivity index (χ2v) is 5.68. The van der Waals surface area contributed by atoms with Gasteiger partial charge in [0.2, 0.25) is 0 Å². The molecule has 1 aliphatic heterocycles. The Morgan fingerprint density at radius 3 is 2.96 bits per heavy atom. The van der Waals surface area contributed by atoms with Crippen LogP contribution in [0.15, 0.2) is 36.8 Å². The molecule has 3 N–H and O–H groups in total. The normalized spacial score (nSPS) is 16.8. The molecular formula is C17H22N4O3. The van der Waals surface area contributed by atoms with Gasteiger partial charge in [0, 0.05) is 37.2 Å². The van der Waals surface area contributed by atoms with Crippen molar-refractivity contribution in [3.63, 3.8) is 0 Å². The lowest BCUT2D eigenvalue weighted by atomic mass is 10.2. The number of ether oxygens (including phenoxy) is 2. The summed E-state index contributed by atoms with van der Waals surface area (Å²) in [7, 11) is 0.